The second-order valence-electron chi connectivity index (χ2n) is 6.40. The molecule has 0 aliphatic carbocycles. The number of esters is 1. The first kappa shape index (κ1) is 21.1. The Morgan fingerprint density at radius 3 is 2.63 bits per heavy atom. The fourth-order valence-corrected chi connectivity index (χ4v) is 2.78. The van der Waals surface area contributed by atoms with E-state index >= 15 is 0 Å². The van der Waals surface area contributed by atoms with Crippen molar-refractivity contribution in [2.75, 3.05) is 19.0 Å². The normalized spacial score (nSPS) is 10.8. The van der Waals surface area contributed by atoms with Gasteiger partial charge >= 0.3 is 5.97 Å². The number of ether oxygens (including phenoxy) is 1. The summed E-state index contributed by atoms with van der Waals surface area (Å²) in [4.78, 5) is 23.7. The molecule has 8 heteroatoms. The van der Waals surface area contributed by atoms with E-state index < -0.39 is 5.97 Å². The van der Waals surface area contributed by atoms with Gasteiger partial charge in [0.25, 0.3) is 5.91 Å². The number of aryl methyl sites for hydroxylation is 1. The number of nitrogens with zero attached hydrogens (tertiary/aromatic N) is 1. The van der Waals surface area contributed by atoms with Crippen LogP contribution in [0.3, 0.4) is 0 Å². The van der Waals surface area contributed by atoms with E-state index in [-0.39, 0.29) is 18.0 Å². The summed E-state index contributed by atoms with van der Waals surface area (Å²) in [5.41, 5.74) is 5.33. The molecule has 0 aliphatic heterocycles. The number of halogens is 1. The molecule has 30 heavy (non-hydrogen) atoms. The summed E-state index contributed by atoms with van der Waals surface area (Å²) in [6, 6.07) is 16.1. The highest BCUT2D eigenvalue weighted by Gasteiger charge is 2.13. The molecule has 0 saturated carbocycles. The van der Waals surface area contributed by atoms with Crippen LogP contribution in [-0.2, 0) is 9.53 Å². The third-order valence-corrected chi connectivity index (χ3v) is 4.50. The lowest BCUT2D eigenvalue weighted by atomic mass is 10.1. The summed E-state index contributed by atoms with van der Waals surface area (Å²) in [7, 11) is 1.29. The van der Waals surface area contributed by atoms with Gasteiger partial charge in [-0.25, -0.2) is 10.2 Å². The van der Waals surface area contributed by atoms with Crippen molar-refractivity contribution in [3.05, 3.63) is 76.5 Å². The lowest BCUT2D eigenvalue weighted by molar-refractivity contribution is -0.119. The second-order valence-corrected chi connectivity index (χ2v) is 6.81. The topological polar surface area (TPSA) is 92.9 Å². The van der Waals surface area contributed by atoms with Gasteiger partial charge in [-0.3, -0.25) is 4.79 Å². The predicted molar refractivity (Wildman–Crippen MR) is 116 cm³/mol. The molecule has 0 atom stereocenters. The van der Waals surface area contributed by atoms with Crippen molar-refractivity contribution < 1.29 is 18.7 Å². The van der Waals surface area contributed by atoms with E-state index in [1.54, 1.807) is 30.3 Å². The molecule has 0 spiro atoms. The van der Waals surface area contributed by atoms with Gasteiger partial charge in [0.15, 0.2) is 0 Å². The predicted octanol–water partition coefficient (Wildman–Crippen LogP) is 4.26. The number of anilines is 1. The maximum atomic E-state index is 11.9. The van der Waals surface area contributed by atoms with Crippen LogP contribution in [0.2, 0.25) is 5.02 Å². The molecular formula is C22H20ClN3O4. The Morgan fingerprint density at radius 1 is 1.13 bits per heavy atom. The van der Waals surface area contributed by atoms with Gasteiger partial charge in [0.05, 0.1) is 30.5 Å². The second kappa shape index (κ2) is 9.76. The van der Waals surface area contributed by atoms with Crippen molar-refractivity contribution in [3.8, 4) is 11.3 Å². The zero-order valence-electron chi connectivity index (χ0n) is 16.4. The van der Waals surface area contributed by atoms with Crippen molar-refractivity contribution in [1.82, 2.24) is 5.43 Å². The van der Waals surface area contributed by atoms with E-state index in [0.717, 1.165) is 11.3 Å². The molecule has 154 valence electrons. The van der Waals surface area contributed by atoms with E-state index in [1.165, 1.54) is 13.3 Å². The van der Waals surface area contributed by atoms with E-state index in [1.807, 2.05) is 31.2 Å². The van der Waals surface area contributed by atoms with Gasteiger partial charge in [0.2, 0.25) is 0 Å². The minimum absolute atomic E-state index is 0.0882. The van der Waals surface area contributed by atoms with Crippen molar-refractivity contribution in [1.29, 1.82) is 0 Å². The largest absolute Gasteiger partial charge is 0.465 e. The van der Waals surface area contributed by atoms with E-state index in [9.17, 15) is 9.59 Å². The molecular weight excluding hydrogens is 406 g/mol. The zero-order valence-corrected chi connectivity index (χ0v) is 17.2. The molecule has 0 saturated heterocycles. The third kappa shape index (κ3) is 5.48. The summed E-state index contributed by atoms with van der Waals surface area (Å²) in [5, 5.41) is 7.20. The summed E-state index contributed by atoms with van der Waals surface area (Å²) in [6.45, 7) is 2.08. The number of benzene rings is 2. The van der Waals surface area contributed by atoms with Crippen LogP contribution in [0.25, 0.3) is 11.3 Å². The fourth-order valence-electron chi connectivity index (χ4n) is 2.58. The van der Waals surface area contributed by atoms with Crippen molar-refractivity contribution in [2.45, 2.75) is 6.92 Å². The Balaban J connectivity index is 1.57. The Labute approximate surface area is 178 Å². The van der Waals surface area contributed by atoms with Crippen molar-refractivity contribution >= 4 is 35.4 Å². The molecule has 2 aromatic carbocycles. The lowest BCUT2D eigenvalue weighted by Crippen LogP contribution is -2.25. The minimum Gasteiger partial charge on any atom is -0.465 e. The molecule has 1 aromatic heterocycles. The highest BCUT2D eigenvalue weighted by atomic mass is 35.5. The van der Waals surface area contributed by atoms with Crippen molar-refractivity contribution in [3.63, 3.8) is 0 Å². The molecule has 1 amide bonds. The Hall–Kier alpha value is -3.58. The number of methoxy groups -OCH3 is 1. The smallest absolute Gasteiger partial charge is 0.339 e. The Morgan fingerprint density at radius 2 is 1.90 bits per heavy atom. The maximum absolute atomic E-state index is 11.9. The van der Waals surface area contributed by atoms with Crippen LogP contribution in [0.5, 0.6) is 0 Å². The van der Waals surface area contributed by atoms with E-state index in [4.69, 9.17) is 20.8 Å². The van der Waals surface area contributed by atoms with Gasteiger partial charge in [0, 0.05) is 11.3 Å². The first-order valence-electron chi connectivity index (χ1n) is 9.07. The minimum atomic E-state index is -0.530. The number of carbonyl (C=O) groups is 2. The molecule has 3 aromatic rings. The van der Waals surface area contributed by atoms with Crippen LogP contribution < -0.4 is 10.7 Å². The molecule has 2 N–H and O–H groups in total. The third-order valence-electron chi connectivity index (χ3n) is 4.17. The van der Waals surface area contributed by atoms with Gasteiger partial charge < -0.3 is 14.5 Å². The zero-order chi connectivity index (χ0) is 21.5. The standard InChI is InChI=1S/C22H20ClN3O4/c1-14-3-6-16(7-4-14)24-13-21(27)26-25-12-17-8-10-20(30-17)15-5-9-19(23)18(11-15)22(28)29-2/h3-12,24H,13H2,1-2H3,(H,26,27)/b25-12-. The highest BCUT2D eigenvalue weighted by molar-refractivity contribution is 6.33. The van der Waals surface area contributed by atoms with E-state index in [0.29, 0.717) is 22.1 Å². The first-order valence-corrected chi connectivity index (χ1v) is 9.44. The summed E-state index contributed by atoms with van der Waals surface area (Å²) in [5.74, 6) is 0.133. The van der Waals surface area contributed by atoms with Gasteiger partial charge in [-0.05, 0) is 49.4 Å². The molecule has 0 fully saturated rings. The number of nitrogens with one attached hydrogen (secondary N) is 2. The number of furan rings is 1. The Kier molecular flexibility index (Phi) is 6.87. The number of hydrogen-bond donors (Lipinski definition) is 2. The summed E-state index contributed by atoms with van der Waals surface area (Å²) < 4.78 is 10.4. The molecule has 0 unspecified atom stereocenters. The maximum Gasteiger partial charge on any atom is 0.339 e. The van der Waals surface area contributed by atoms with Crippen LogP contribution >= 0.6 is 11.6 Å². The van der Waals surface area contributed by atoms with Crippen LogP contribution in [0.4, 0.5) is 5.69 Å². The van der Waals surface area contributed by atoms with Crippen LogP contribution in [0.1, 0.15) is 21.7 Å². The fraction of sp³-hybridized carbons (Fsp3) is 0.136. The van der Waals surface area contributed by atoms with Crippen LogP contribution in [0.15, 0.2) is 64.1 Å². The average Bonchev–Trinajstić information content (AvgIpc) is 3.22. The first-order chi connectivity index (χ1) is 14.5. The lowest BCUT2D eigenvalue weighted by Gasteiger charge is -2.05. The molecule has 1 heterocycles. The van der Waals surface area contributed by atoms with Gasteiger partial charge in [-0.2, -0.15) is 5.10 Å². The van der Waals surface area contributed by atoms with Gasteiger partial charge in [0.1, 0.15) is 11.5 Å². The van der Waals surface area contributed by atoms with E-state index in [2.05, 4.69) is 15.8 Å². The molecule has 0 radical (unpaired) electrons. The van der Waals surface area contributed by atoms with Gasteiger partial charge in [-0.15, -0.1) is 0 Å². The number of amides is 1. The van der Waals surface area contributed by atoms with Crippen molar-refractivity contribution in [2.24, 2.45) is 5.10 Å². The molecule has 3 rings (SSSR count). The van der Waals surface area contributed by atoms with Gasteiger partial charge in [-0.1, -0.05) is 29.3 Å². The SMILES string of the molecule is COC(=O)c1cc(-c2ccc(/C=N\NC(=O)CNc3ccc(C)cc3)o2)ccc1Cl. The number of hydrazone groups is 1. The number of carbonyl (C=O) groups excluding carboxylic acids is 2. The molecule has 0 bridgehead atoms. The van der Waals surface area contributed by atoms with Crippen LogP contribution in [0, 0.1) is 6.92 Å². The number of rotatable bonds is 7. The average molecular weight is 426 g/mol. The molecule has 0 aliphatic rings. The summed E-state index contributed by atoms with van der Waals surface area (Å²) >= 11 is 6.03. The molecule has 7 nitrogen and oxygen atoms in total. The highest BCUT2D eigenvalue weighted by Crippen LogP contribution is 2.27. The number of hydrogen-bond acceptors (Lipinski definition) is 6. The quantitative estimate of drug-likeness (QED) is 0.335. The summed E-state index contributed by atoms with van der Waals surface area (Å²) in [6.07, 6.45) is 1.39. The van der Waals surface area contributed by atoms with Crippen LogP contribution in [-0.4, -0.2) is 31.7 Å². The monoisotopic (exact) mass is 425 g/mol. The Bertz CT molecular complexity index is 1070.